The molecule has 4 heteroatoms. The van der Waals surface area contributed by atoms with Crippen LogP contribution in [0, 0.1) is 5.92 Å². The van der Waals surface area contributed by atoms with Gasteiger partial charge < -0.3 is 5.32 Å². The number of alkyl halides is 2. The maximum absolute atomic E-state index is 14.2. The third-order valence-corrected chi connectivity index (χ3v) is 3.41. The Labute approximate surface area is 98.8 Å². The molecule has 0 amide bonds. The van der Waals surface area contributed by atoms with Gasteiger partial charge in [-0.25, -0.2) is 8.78 Å². The Morgan fingerprint density at radius 1 is 1.19 bits per heavy atom. The van der Waals surface area contributed by atoms with Gasteiger partial charge in [-0.3, -0.25) is 0 Å². The molecule has 1 heterocycles. The van der Waals surface area contributed by atoms with Gasteiger partial charge in [0.25, 0.3) is 5.92 Å². The maximum Gasteiger partial charge on any atom is 0.277 e. The van der Waals surface area contributed by atoms with Crippen LogP contribution in [0.5, 0.6) is 0 Å². The van der Waals surface area contributed by atoms with Gasteiger partial charge in [-0.05, 0) is 32.0 Å². The fourth-order valence-electron chi connectivity index (χ4n) is 2.14. The van der Waals surface area contributed by atoms with Crippen molar-refractivity contribution in [2.24, 2.45) is 5.92 Å². The third-order valence-electron chi connectivity index (χ3n) is 3.08. The van der Waals surface area contributed by atoms with Gasteiger partial charge in [0, 0.05) is 16.5 Å². The van der Waals surface area contributed by atoms with E-state index in [1.165, 1.54) is 12.1 Å². The van der Waals surface area contributed by atoms with Crippen LogP contribution in [0.25, 0.3) is 0 Å². The summed E-state index contributed by atoms with van der Waals surface area (Å²) in [4.78, 5) is 0. The minimum Gasteiger partial charge on any atom is -0.317 e. The van der Waals surface area contributed by atoms with Crippen LogP contribution in [-0.4, -0.2) is 13.1 Å². The second kappa shape index (κ2) is 4.68. The third kappa shape index (κ3) is 2.20. The lowest BCUT2D eigenvalue weighted by Gasteiger charge is -2.31. The van der Waals surface area contributed by atoms with Crippen molar-refractivity contribution in [2.45, 2.75) is 18.8 Å². The van der Waals surface area contributed by atoms with Gasteiger partial charge in [0.1, 0.15) is 0 Å². The van der Waals surface area contributed by atoms with E-state index in [4.69, 9.17) is 11.6 Å². The van der Waals surface area contributed by atoms with Gasteiger partial charge in [-0.15, -0.1) is 0 Å². The van der Waals surface area contributed by atoms with E-state index in [1.54, 1.807) is 12.1 Å². The number of benzene rings is 1. The molecule has 16 heavy (non-hydrogen) atoms. The molecule has 1 nitrogen and oxygen atoms in total. The Morgan fingerprint density at radius 3 is 2.44 bits per heavy atom. The Bertz CT molecular complexity index is 362. The summed E-state index contributed by atoms with van der Waals surface area (Å²) in [5.74, 6) is -3.42. The topological polar surface area (TPSA) is 12.0 Å². The fourth-order valence-corrected chi connectivity index (χ4v) is 2.40. The van der Waals surface area contributed by atoms with Crippen molar-refractivity contribution >= 4 is 11.6 Å². The van der Waals surface area contributed by atoms with Crippen molar-refractivity contribution in [3.05, 3.63) is 34.9 Å². The molecule has 0 spiro atoms. The Balaban J connectivity index is 2.26. The van der Waals surface area contributed by atoms with Gasteiger partial charge in [0.2, 0.25) is 0 Å². The average Bonchev–Trinajstić information content (AvgIpc) is 2.30. The van der Waals surface area contributed by atoms with Gasteiger partial charge in [-0.1, -0.05) is 29.8 Å². The predicted octanol–water partition coefficient (Wildman–Crippen LogP) is 3.43. The van der Waals surface area contributed by atoms with Crippen LogP contribution in [0.15, 0.2) is 24.3 Å². The summed E-state index contributed by atoms with van der Waals surface area (Å²) >= 11 is 5.83. The molecule has 1 aliphatic heterocycles. The first kappa shape index (κ1) is 11.8. The van der Waals surface area contributed by atoms with E-state index in [1.807, 2.05) is 0 Å². The summed E-state index contributed by atoms with van der Waals surface area (Å²) in [6.07, 6.45) is 0.996. The number of hydrogen-bond acceptors (Lipinski definition) is 1. The highest BCUT2D eigenvalue weighted by Crippen LogP contribution is 2.42. The average molecular weight is 246 g/mol. The van der Waals surface area contributed by atoms with Crippen LogP contribution >= 0.6 is 11.6 Å². The molecule has 1 aromatic carbocycles. The van der Waals surface area contributed by atoms with Crippen molar-refractivity contribution in [1.29, 1.82) is 0 Å². The van der Waals surface area contributed by atoms with E-state index in [-0.39, 0.29) is 10.6 Å². The Morgan fingerprint density at radius 2 is 1.81 bits per heavy atom. The number of rotatable bonds is 2. The van der Waals surface area contributed by atoms with Gasteiger partial charge in [-0.2, -0.15) is 0 Å². The van der Waals surface area contributed by atoms with Gasteiger partial charge in [0.15, 0.2) is 0 Å². The zero-order valence-corrected chi connectivity index (χ0v) is 9.61. The smallest absolute Gasteiger partial charge is 0.277 e. The molecule has 2 rings (SSSR count). The SMILES string of the molecule is FC(F)(c1ccccc1Cl)C1CCNCC1. The van der Waals surface area contributed by atoms with Crippen molar-refractivity contribution in [3.8, 4) is 0 Å². The first-order chi connectivity index (χ1) is 7.62. The summed E-state index contributed by atoms with van der Waals surface area (Å²) < 4.78 is 28.4. The second-order valence-electron chi connectivity index (χ2n) is 4.13. The molecule has 0 saturated carbocycles. The van der Waals surface area contributed by atoms with E-state index in [2.05, 4.69) is 5.32 Å². The molecular weight excluding hydrogens is 232 g/mol. The van der Waals surface area contributed by atoms with Crippen LogP contribution in [0.3, 0.4) is 0 Å². The van der Waals surface area contributed by atoms with Crippen LogP contribution in [0.2, 0.25) is 5.02 Å². The number of hydrogen-bond donors (Lipinski definition) is 1. The molecule has 0 aromatic heterocycles. The lowest BCUT2D eigenvalue weighted by molar-refractivity contribution is -0.0752. The predicted molar refractivity (Wildman–Crippen MR) is 60.9 cm³/mol. The van der Waals surface area contributed by atoms with E-state index in [9.17, 15) is 8.78 Å². The van der Waals surface area contributed by atoms with E-state index in [0.717, 1.165) is 0 Å². The number of piperidine rings is 1. The maximum atomic E-state index is 14.2. The van der Waals surface area contributed by atoms with Crippen LogP contribution in [-0.2, 0) is 5.92 Å². The minimum atomic E-state index is -2.82. The number of nitrogens with one attached hydrogen (secondary N) is 1. The van der Waals surface area contributed by atoms with Gasteiger partial charge in [0.05, 0.1) is 0 Å². The summed E-state index contributed by atoms with van der Waals surface area (Å²) in [5.41, 5.74) is -0.0384. The van der Waals surface area contributed by atoms with Crippen LogP contribution < -0.4 is 5.32 Å². The molecule has 1 saturated heterocycles. The monoisotopic (exact) mass is 245 g/mol. The van der Waals surface area contributed by atoms with Crippen molar-refractivity contribution in [3.63, 3.8) is 0 Å². The summed E-state index contributed by atoms with van der Waals surface area (Å²) in [7, 11) is 0. The second-order valence-corrected chi connectivity index (χ2v) is 4.53. The first-order valence-electron chi connectivity index (χ1n) is 5.46. The van der Waals surface area contributed by atoms with Crippen molar-refractivity contribution in [2.75, 3.05) is 13.1 Å². The fraction of sp³-hybridized carbons (Fsp3) is 0.500. The highest BCUT2D eigenvalue weighted by Gasteiger charge is 2.42. The van der Waals surface area contributed by atoms with Crippen LogP contribution in [0.4, 0.5) is 8.78 Å². The van der Waals surface area contributed by atoms with Crippen LogP contribution in [0.1, 0.15) is 18.4 Å². The molecule has 1 N–H and O–H groups in total. The quantitative estimate of drug-likeness (QED) is 0.842. The molecule has 0 unspecified atom stereocenters. The molecular formula is C12H14ClF2N. The van der Waals surface area contributed by atoms with Crippen molar-refractivity contribution in [1.82, 2.24) is 5.32 Å². The highest BCUT2D eigenvalue weighted by atomic mass is 35.5. The molecule has 0 bridgehead atoms. The summed E-state index contributed by atoms with van der Waals surface area (Å²) in [5, 5.41) is 3.24. The lowest BCUT2D eigenvalue weighted by Crippen LogP contribution is -2.36. The normalized spacial score (nSPS) is 18.7. The van der Waals surface area contributed by atoms with Gasteiger partial charge >= 0.3 is 0 Å². The molecule has 1 aromatic rings. The zero-order valence-electron chi connectivity index (χ0n) is 8.85. The van der Waals surface area contributed by atoms with E-state index < -0.39 is 11.8 Å². The lowest BCUT2D eigenvalue weighted by atomic mass is 9.87. The summed E-state index contributed by atoms with van der Waals surface area (Å²) in [6.45, 7) is 1.31. The molecule has 1 aliphatic rings. The minimum absolute atomic E-state index is 0.0384. The molecule has 0 aliphatic carbocycles. The van der Waals surface area contributed by atoms with Crippen molar-refractivity contribution < 1.29 is 8.78 Å². The highest BCUT2D eigenvalue weighted by molar-refractivity contribution is 6.31. The Hall–Kier alpha value is -0.670. The van der Waals surface area contributed by atoms with E-state index >= 15 is 0 Å². The first-order valence-corrected chi connectivity index (χ1v) is 5.83. The molecule has 0 radical (unpaired) electrons. The largest absolute Gasteiger partial charge is 0.317 e. The Kier molecular flexibility index (Phi) is 3.45. The van der Waals surface area contributed by atoms with E-state index in [0.29, 0.717) is 25.9 Å². The molecule has 88 valence electrons. The molecule has 0 atom stereocenters. The standard InChI is InChI=1S/C12H14ClF2N/c13-11-4-2-1-3-10(11)12(14,15)9-5-7-16-8-6-9/h1-4,9,16H,5-8H2. The zero-order chi connectivity index (χ0) is 11.6. The molecule has 1 fully saturated rings. The number of halogens is 3. The summed E-state index contributed by atoms with van der Waals surface area (Å²) in [6, 6.07) is 6.22.